The molecule has 1 nitrogen and oxygen atoms in total. The van der Waals surface area contributed by atoms with Crippen LogP contribution in [0.15, 0.2) is 24.3 Å². The first kappa shape index (κ1) is 5.86. The summed E-state index contributed by atoms with van der Waals surface area (Å²) in [7, 11) is 0. The highest BCUT2D eigenvalue weighted by Crippen LogP contribution is 2.24. The van der Waals surface area contributed by atoms with E-state index < -0.39 is 6.30 Å². The van der Waals surface area contributed by atoms with E-state index in [0.29, 0.717) is 6.54 Å². The van der Waals surface area contributed by atoms with E-state index in [1.54, 1.807) is 0 Å². The van der Waals surface area contributed by atoms with Gasteiger partial charge in [-0.2, -0.15) is 0 Å². The molecule has 52 valence electrons. The summed E-state index contributed by atoms with van der Waals surface area (Å²) in [4.78, 5) is 0. The van der Waals surface area contributed by atoms with Gasteiger partial charge in [-0.15, -0.1) is 0 Å². The molecule has 0 radical (unpaired) electrons. The molecule has 1 aromatic rings. The topological polar surface area (TPSA) is 12.0 Å². The zero-order valence-electron chi connectivity index (χ0n) is 5.47. The van der Waals surface area contributed by atoms with Crippen LogP contribution in [-0.2, 0) is 6.54 Å². The molecular formula is C8H8FN. The average molecular weight is 137 g/mol. The lowest BCUT2D eigenvalue weighted by molar-refractivity contribution is 0.301. The van der Waals surface area contributed by atoms with Crippen molar-refractivity contribution >= 4 is 0 Å². The maximum absolute atomic E-state index is 12.8. The quantitative estimate of drug-likeness (QED) is 0.537. The van der Waals surface area contributed by atoms with Crippen LogP contribution in [0.5, 0.6) is 0 Å². The Balaban J connectivity index is 2.51. The smallest absolute Gasteiger partial charge is 0.177 e. The molecule has 0 fully saturated rings. The molecule has 2 heteroatoms. The van der Waals surface area contributed by atoms with Gasteiger partial charge in [0.25, 0.3) is 0 Å². The van der Waals surface area contributed by atoms with Crippen LogP contribution in [0.4, 0.5) is 4.39 Å². The van der Waals surface area contributed by atoms with Gasteiger partial charge >= 0.3 is 0 Å². The van der Waals surface area contributed by atoms with E-state index >= 15 is 0 Å². The number of halogens is 1. The van der Waals surface area contributed by atoms with Crippen molar-refractivity contribution in [1.29, 1.82) is 0 Å². The van der Waals surface area contributed by atoms with E-state index in [1.807, 2.05) is 24.3 Å². The predicted octanol–water partition coefficient (Wildman–Crippen LogP) is 1.76. The van der Waals surface area contributed by atoms with E-state index in [-0.39, 0.29) is 0 Å². The number of nitrogens with one attached hydrogen (secondary N) is 1. The van der Waals surface area contributed by atoms with Crippen molar-refractivity contribution in [1.82, 2.24) is 5.32 Å². The van der Waals surface area contributed by atoms with Crippen LogP contribution in [0.2, 0.25) is 0 Å². The van der Waals surface area contributed by atoms with Crippen LogP contribution in [-0.4, -0.2) is 0 Å². The van der Waals surface area contributed by atoms with Crippen LogP contribution < -0.4 is 5.32 Å². The Kier molecular flexibility index (Phi) is 1.21. The fraction of sp³-hybridized carbons (Fsp3) is 0.250. The first-order chi connectivity index (χ1) is 4.88. The van der Waals surface area contributed by atoms with Gasteiger partial charge in [-0.05, 0) is 5.56 Å². The van der Waals surface area contributed by atoms with Crippen LogP contribution in [0.3, 0.4) is 0 Å². The van der Waals surface area contributed by atoms with Crippen molar-refractivity contribution in [2.24, 2.45) is 0 Å². The molecule has 1 aliphatic rings. The minimum atomic E-state index is -0.948. The number of alkyl halides is 1. The van der Waals surface area contributed by atoms with E-state index in [9.17, 15) is 4.39 Å². The molecule has 1 aliphatic heterocycles. The standard InChI is InChI=1S/C8H8FN/c9-8-7-4-2-1-3-6(7)5-10-8/h1-4,8,10H,5H2/t8-/m1/s1. The molecule has 1 aromatic carbocycles. The summed E-state index contributed by atoms with van der Waals surface area (Å²) in [5.41, 5.74) is 1.87. The van der Waals surface area contributed by atoms with E-state index in [1.165, 1.54) is 0 Å². The maximum atomic E-state index is 12.8. The first-order valence-corrected chi connectivity index (χ1v) is 3.33. The van der Waals surface area contributed by atoms with Crippen molar-refractivity contribution in [2.75, 3.05) is 0 Å². The van der Waals surface area contributed by atoms with Crippen molar-refractivity contribution < 1.29 is 4.39 Å². The molecule has 0 aliphatic carbocycles. The second-order valence-electron chi connectivity index (χ2n) is 2.44. The number of rotatable bonds is 0. The maximum Gasteiger partial charge on any atom is 0.177 e. The fourth-order valence-corrected chi connectivity index (χ4v) is 1.25. The summed E-state index contributed by atoms with van der Waals surface area (Å²) in [6.07, 6.45) is -0.948. The molecule has 0 saturated carbocycles. The van der Waals surface area contributed by atoms with E-state index in [4.69, 9.17) is 0 Å². The van der Waals surface area contributed by atoms with E-state index in [2.05, 4.69) is 5.32 Å². The van der Waals surface area contributed by atoms with E-state index in [0.717, 1.165) is 11.1 Å². The van der Waals surface area contributed by atoms with Gasteiger partial charge < -0.3 is 0 Å². The zero-order valence-corrected chi connectivity index (χ0v) is 5.47. The lowest BCUT2D eigenvalue weighted by Crippen LogP contribution is -2.05. The number of fused-ring (bicyclic) bond motifs is 1. The van der Waals surface area contributed by atoms with Crippen molar-refractivity contribution in [3.63, 3.8) is 0 Å². The molecule has 0 bridgehead atoms. The Bertz CT molecular complexity index is 247. The molecule has 0 amide bonds. The zero-order chi connectivity index (χ0) is 6.97. The van der Waals surface area contributed by atoms with Gasteiger partial charge in [-0.3, -0.25) is 5.32 Å². The predicted molar refractivity (Wildman–Crippen MR) is 37.1 cm³/mol. The Labute approximate surface area is 58.9 Å². The summed E-state index contributed by atoms with van der Waals surface area (Å²) in [5, 5.41) is 2.72. The highest BCUT2D eigenvalue weighted by Gasteiger charge is 2.19. The molecule has 1 atom stereocenters. The molecule has 0 aromatic heterocycles. The summed E-state index contributed by atoms with van der Waals surface area (Å²) in [6.45, 7) is 0.664. The van der Waals surface area contributed by atoms with Crippen molar-refractivity contribution in [2.45, 2.75) is 12.8 Å². The lowest BCUT2D eigenvalue weighted by atomic mass is 10.1. The molecular weight excluding hydrogens is 129 g/mol. The third-order valence-electron chi connectivity index (χ3n) is 1.80. The minimum absolute atomic E-state index is 0.664. The van der Waals surface area contributed by atoms with Gasteiger partial charge in [-0.25, -0.2) is 4.39 Å². The van der Waals surface area contributed by atoms with Crippen LogP contribution >= 0.6 is 0 Å². The van der Waals surface area contributed by atoms with Gasteiger partial charge in [0, 0.05) is 12.1 Å². The molecule has 2 rings (SSSR count). The minimum Gasteiger partial charge on any atom is -0.280 e. The first-order valence-electron chi connectivity index (χ1n) is 3.33. The lowest BCUT2D eigenvalue weighted by Gasteiger charge is -1.97. The third kappa shape index (κ3) is 0.727. The molecule has 10 heavy (non-hydrogen) atoms. The summed E-state index contributed by atoms with van der Waals surface area (Å²) >= 11 is 0. The molecule has 0 unspecified atom stereocenters. The molecule has 0 saturated heterocycles. The average Bonchev–Trinajstić information content (AvgIpc) is 2.34. The second kappa shape index (κ2) is 2.06. The highest BCUT2D eigenvalue weighted by molar-refractivity contribution is 5.31. The SMILES string of the molecule is F[C@@H]1NCc2ccccc21. The number of hydrogen-bond acceptors (Lipinski definition) is 1. The van der Waals surface area contributed by atoms with Gasteiger partial charge in [0.2, 0.25) is 0 Å². The number of benzene rings is 1. The van der Waals surface area contributed by atoms with Gasteiger partial charge in [0.1, 0.15) is 0 Å². The third-order valence-corrected chi connectivity index (χ3v) is 1.80. The van der Waals surface area contributed by atoms with Crippen molar-refractivity contribution in [3.8, 4) is 0 Å². The van der Waals surface area contributed by atoms with Gasteiger partial charge in [0.15, 0.2) is 6.30 Å². The van der Waals surface area contributed by atoms with Crippen molar-refractivity contribution in [3.05, 3.63) is 35.4 Å². The summed E-state index contributed by atoms with van der Waals surface area (Å²) in [5.74, 6) is 0. The second-order valence-corrected chi connectivity index (χ2v) is 2.44. The Hall–Kier alpha value is -0.890. The normalized spacial score (nSPS) is 22.7. The summed E-state index contributed by atoms with van der Waals surface area (Å²) in [6, 6.07) is 7.55. The molecule has 0 spiro atoms. The van der Waals surface area contributed by atoms with Crippen LogP contribution in [0.1, 0.15) is 17.4 Å². The molecule has 1 N–H and O–H groups in total. The monoisotopic (exact) mass is 137 g/mol. The van der Waals surface area contributed by atoms with Crippen LogP contribution in [0.25, 0.3) is 0 Å². The Morgan fingerprint density at radius 2 is 2.20 bits per heavy atom. The molecule has 1 heterocycles. The Morgan fingerprint density at radius 3 is 3.00 bits per heavy atom. The largest absolute Gasteiger partial charge is 0.280 e. The van der Waals surface area contributed by atoms with Crippen LogP contribution in [0, 0.1) is 0 Å². The number of hydrogen-bond donors (Lipinski definition) is 1. The Morgan fingerprint density at radius 1 is 1.40 bits per heavy atom. The van der Waals surface area contributed by atoms with Gasteiger partial charge in [-0.1, -0.05) is 24.3 Å². The summed E-state index contributed by atoms with van der Waals surface area (Å²) < 4.78 is 12.8. The fourth-order valence-electron chi connectivity index (χ4n) is 1.25. The highest BCUT2D eigenvalue weighted by atomic mass is 19.1. The van der Waals surface area contributed by atoms with Gasteiger partial charge in [0.05, 0.1) is 0 Å².